The van der Waals surface area contributed by atoms with Crippen molar-refractivity contribution in [2.75, 3.05) is 25.6 Å². The molecule has 2 amide bonds. The topological polar surface area (TPSA) is 67.4 Å². The van der Waals surface area contributed by atoms with Crippen LogP contribution < -0.4 is 10.6 Å². The van der Waals surface area contributed by atoms with Gasteiger partial charge >= 0.3 is 0 Å². The van der Waals surface area contributed by atoms with Gasteiger partial charge in [0, 0.05) is 37.9 Å². The van der Waals surface area contributed by atoms with Crippen molar-refractivity contribution in [3.8, 4) is 0 Å². The Bertz CT molecular complexity index is 486. The Morgan fingerprint density at radius 1 is 1.42 bits per heavy atom. The Kier molecular flexibility index (Phi) is 4.52. The van der Waals surface area contributed by atoms with Crippen LogP contribution in [0.15, 0.2) is 18.2 Å². The summed E-state index contributed by atoms with van der Waals surface area (Å²) in [6, 6.07) is 5.37. The Labute approximate surface area is 112 Å². The second kappa shape index (κ2) is 6.33. The molecular formula is C14H18N2O3. The van der Waals surface area contributed by atoms with E-state index in [4.69, 9.17) is 4.74 Å². The van der Waals surface area contributed by atoms with E-state index in [0.717, 1.165) is 17.7 Å². The third-order valence-corrected chi connectivity index (χ3v) is 3.07. The zero-order valence-corrected chi connectivity index (χ0v) is 11.0. The molecule has 1 aliphatic rings. The molecular weight excluding hydrogens is 244 g/mol. The maximum absolute atomic E-state index is 11.9. The van der Waals surface area contributed by atoms with Crippen molar-refractivity contribution in [3.05, 3.63) is 29.3 Å². The molecule has 0 saturated heterocycles. The van der Waals surface area contributed by atoms with E-state index in [1.54, 1.807) is 19.2 Å². The van der Waals surface area contributed by atoms with Gasteiger partial charge < -0.3 is 15.4 Å². The van der Waals surface area contributed by atoms with Crippen molar-refractivity contribution >= 4 is 17.5 Å². The fourth-order valence-corrected chi connectivity index (χ4v) is 2.05. The summed E-state index contributed by atoms with van der Waals surface area (Å²) in [5.41, 5.74) is 2.46. The van der Waals surface area contributed by atoms with Gasteiger partial charge in [-0.25, -0.2) is 0 Å². The normalized spacial score (nSPS) is 13.6. The zero-order valence-electron chi connectivity index (χ0n) is 11.0. The number of carbonyl (C=O) groups is 2. The molecule has 2 rings (SSSR count). The molecule has 1 aromatic carbocycles. The molecule has 102 valence electrons. The molecule has 1 aliphatic heterocycles. The van der Waals surface area contributed by atoms with Gasteiger partial charge in [-0.05, 0) is 36.6 Å². The lowest BCUT2D eigenvalue weighted by Crippen LogP contribution is -2.26. The van der Waals surface area contributed by atoms with E-state index in [2.05, 4.69) is 10.6 Å². The number of anilines is 1. The number of nitrogens with one attached hydrogen (secondary N) is 2. The van der Waals surface area contributed by atoms with Gasteiger partial charge in [-0.2, -0.15) is 0 Å². The first-order valence-corrected chi connectivity index (χ1v) is 6.40. The van der Waals surface area contributed by atoms with Crippen LogP contribution in [0.25, 0.3) is 0 Å². The number of aryl methyl sites for hydroxylation is 1. The lowest BCUT2D eigenvalue weighted by Gasteiger charge is -2.17. The third kappa shape index (κ3) is 3.54. The minimum atomic E-state index is -0.0872. The second-order valence-electron chi connectivity index (χ2n) is 4.52. The summed E-state index contributed by atoms with van der Waals surface area (Å²) in [7, 11) is 1.64. The highest BCUT2D eigenvalue weighted by Crippen LogP contribution is 2.23. The van der Waals surface area contributed by atoms with Crippen molar-refractivity contribution in [2.45, 2.75) is 19.3 Å². The largest absolute Gasteiger partial charge is 0.385 e. The molecule has 1 heterocycles. The van der Waals surface area contributed by atoms with Crippen molar-refractivity contribution in [3.63, 3.8) is 0 Å². The van der Waals surface area contributed by atoms with E-state index >= 15 is 0 Å². The van der Waals surface area contributed by atoms with Gasteiger partial charge in [0.15, 0.2) is 0 Å². The highest BCUT2D eigenvalue weighted by Gasteiger charge is 2.16. The quantitative estimate of drug-likeness (QED) is 0.787. The van der Waals surface area contributed by atoms with Crippen LogP contribution in [0.5, 0.6) is 0 Å². The molecule has 0 unspecified atom stereocenters. The molecule has 0 bridgehead atoms. The van der Waals surface area contributed by atoms with E-state index in [1.165, 1.54) is 0 Å². The van der Waals surface area contributed by atoms with Gasteiger partial charge in [0.05, 0.1) is 0 Å². The Morgan fingerprint density at radius 3 is 3.05 bits per heavy atom. The van der Waals surface area contributed by atoms with E-state index < -0.39 is 0 Å². The van der Waals surface area contributed by atoms with Gasteiger partial charge in [-0.15, -0.1) is 0 Å². The molecule has 0 aromatic heterocycles. The maximum Gasteiger partial charge on any atom is 0.251 e. The van der Waals surface area contributed by atoms with Crippen molar-refractivity contribution in [1.29, 1.82) is 0 Å². The molecule has 5 heteroatoms. The number of amides is 2. The van der Waals surface area contributed by atoms with E-state index in [1.807, 2.05) is 6.07 Å². The summed E-state index contributed by atoms with van der Waals surface area (Å²) in [6.45, 7) is 1.23. The van der Waals surface area contributed by atoms with E-state index in [9.17, 15) is 9.59 Å². The SMILES string of the molecule is COCCCNC(=O)c1ccc2c(c1)CCC(=O)N2. The third-order valence-electron chi connectivity index (χ3n) is 3.07. The minimum absolute atomic E-state index is 0.0317. The number of ether oxygens (including phenoxy) is 1. The van der Waals surface area contributed by atoms with Gasteiger partial charge in [0.2, 0.25) is 5.91 Å². The fourth-order valence-electron chi connectivity index (χ4n) is 2.05. The van der Waals surface area contributed by atoms with Gasteiger partial charge in [-0.3, -0.25) is 9.59 Å². The molecule has 19 heavy (non-hydrogen) atoms. The van der Waals surface area contributed by atoms with Crippen LogP contribution in [0, 0.1) is 0 Å². The highest BCUT2D eigenvalue weighted by molar-refractivity contribution is 5.97. The average Bonchev–Trinajstić information content (AvgIpc) is 2.42. The first-order valence-electron chi connectivity index (χ1n) is 6.40. The molecule has 5 nitrogen and oxygen atoms in total. The molecule has 0 saturated carbocycles. The number of hydrogen-bond donors (Lipinski definition) is 2. The van der Waals surface area contributed by atoms with Crippen molar-refractivity contribution in [2.24, 2.45) is 0 Å². The van der Waals surface area contributed by atoms with Crippen LogP contribution in [0.2, 0.25) is 0 Å². The molecule has 0 aliphatic carbocycles. The first-order chi connectivity index (χ1) is 9.20. The molecule has 0 radical (unpaired) electrons. The average molecular weight is 262 g/mol. The minimum Gasteiger partial charge on any atom is -0.385 e. The molecule has 1 aromatic rings. The van der Waals surface area contributed by atoms with Gasteiger partial charge in [-0.1, -0.05) is 0 Å². The standard InChI is InChI=1S/C14H18N2O3/c1-19-8-2-7-15-14(18)11-3-5-12-10(9-11)4-6-13(17)16-12/h3,5,9H,2,4,6-8H2,1H3,(H,15,18)(H,16,17). The summed E-state index contributed by atoms with van der Waals surface area (Å²) >= 11 is 0. The number of benzene rings is 1. The number of carbonyl (C=O) groups excluding carboxylic acids is 2. The molecule has 2 N–H and O–H groups in total. The van der Waals surface area contributed by atoms with Crippen LogP contribution in [0.4, 0.5) is 5.69 Å². The molecule has 0 fully saturated rings. The van der Waals surface area contributed by atoms with Crippen LogP contribution in [0.3, 0.4) is 0 Å². The summed E-state index contributed by atoms with van der Waals surface area (Å²) in [5, 5.41) is 5.64. The second-order valence-corrected chi connectivity index (χ2v) is 4.52. The number of fused-ring (bicyclic) bond motifs is 1. The Hall–Kier alpha value is -1.88. The van der Waals surface area contributed by atoms with Gasteiger partial charge in [0.25, 0.3) is 5.91 Å². The van der Waals surface area contributed by atoms with Crippen LogP contribution in [-0.4, -0.2) is 32.1 Å². The van der Waals surface area contributed by atoms with E-state index in [0.29, 0.717) is 31.6 Å². The monoisotopic (exact) mass is 262 g/mol. The highest BCUT2D eigenvalue weighted by atomic mass is 16.5. The smallest absolute Gasteiger partial charge is 0.251 e. The summed E-state index contributed by atoms with van der Waals surface area (Å²) in [6.07, 6.45) is 1.96. The lowest BCUT2D eigenvalue weighted by atomic mass is 10.00. The van der Waals surface area contributed by atoms with Crippen LogP contribution in [0.1, 0.15) is 28.8 Å². The zero-order chi connectivity index (χ0) is 13.7. The predicted molar refractivity (Wildman–Crippen MR) is 72.2 cm³/mol. The number of hydrogen-bond acceptors (Lipinski definition) is 3. The summed E-state index contributed by atoms with van der Waals surface area (Å²) < 4.78 is 4.92. The first kappa shape index (κ1) is 13.5. The van der Waals surface area contributed by atoms with Crippen molar-refractivity contribution in [1.82, 2.24) is 5.32 Å². The predicted octanol–water partition coefficient (Wildman–Crippen LogP) is 1.34. The Morgan fingerprint density at radius 2 is 2.26 bits per heavy atom. The van der Waals surface area contributed by atoms with Crippen LogP contribution >= 0.6 is 0 Å². The van der Waals surface area contributed by atoms with Crippen molar-refractivity contribution < 1.29 is 14.3 Å². The molecule has 0 atom stereocenters. The number of methoxy groups -OCH3 is 1. The van der Waals surface area contributed by atoms with Crippen LogP contribution in [-0.2, 0) is 16.0 Å². The number of rotatable bonds is 5. The Balaban J connectivity index is 1.97. The fraction of sp³-hybridized carbons (Fsp3) is 0.429. The maximum atomic E-state index is 11.9. The summed E-state index contributed by atoms with van der Waals surface area (Å²) in [4.78, 5) is 23.2. The van der Waals surface area contributed by atoms with Gasteiger partial charge in [0.1, 0.15) is 0 Å². The lowest BCUT2D eigenvalue weighted by molar-refractivity contribution is -0.116. The molecule has 0 spiro atoms. The van der Waals surface area contributed by atoms with E-state index in [-0.39, 0.29) is 11.8 Å². The summed E-state index contributed by atoms with van der Waals surface area (Å²) in [5.74, 6) is -0.0555.